The molecule has 100 valence electrons. The van der Waals surface area contributed by atoms with Crippen LogP contribution in [0.25, 0.3) is 0 Å². The summed E-state index contributed by atoms with van der Waals surface area (Å²) in [5.41, 5.74) is 3.71. The minimum atomic E-state index is 0.00606. The van der Waals surface area contributed by atoms with Crippen LogP contribution in [0.1, 0.15) is 37.7 Å². The molecule has 0 unspecified atom stereocenters. The van der Waals surface area contributed by atoms with Gasteiger partial charge in [-0.05, 0) is 50.2 Å². The van der Waals surface area contributed by atoms with Crippen molar-refractivity contribution in [3.8, 4) is 0 Å². The normalized spacial score (nSPS) is 18.1. The van der Waals surface area contributed by atoms with Gasteiger partial charge in [0.1, 0.15) is 0 Å². The number of rotatable bonds is 1. The third-order valence-electron chi connectivity index (χ3n) is 4.00. The summed E-state index contributed by atoms with van der Waals surface area (Å²) in [5.74, 6) is 0. The first-order chi connectivity index (χ1) is 9.34. The van der Waals surface area contributed by atoms with E-state index in [4.69, 9.17) is 0 Å². The van der Waals surface area contributed by atoms with E-state index >= 15 is 0 Å². The third kappa shape index (κ3) is 2.65. The van der Waals surface area contributed by atoms with E-state index in [1.54, 1.807) is 0 Å². The monoisotopic (exact) mass is 256 g/mol. The Morgan fingerprint density at radius 3 is 2.74 bits per heavy atom. The molecule has 1 aliphatic heterocycles. The van der Waals surface area contributed by atoms with Gasteiger partial charge >= 0.3 is 6.03 Å². The largest absolute Gasteiger partial charge is 0.325 e. The Bertz CT molecular complexity index is 499. The lowest BCUT2D eigenvalue weighted by molar-refractivity contribution is 0.249. The molecule has 1 N–H and O–H groups in total. The number of allylic oxidation sites excluding steroid dienone is 1. The Kier molecular flexibility index (Phi) is 3.53. The highest BCUT2D eigenvalue weighted by atomic mass is 16.2. The van der Waals surface area contributed by atoms with E-state index in [9.17, 15) is 4.79 Å². The molecule has 19 heavy (non-hydrogen) atoms. The van der Waals surface area contributed by atoms with Crippen LogP contribution in [0.4, 0.5) is 10.5 Å². The molecule has 3 rings (SSSR count). The van der Waals surface area contributed by atoms with Crippen molar-refractivity contribution < 1.29 is 4.79 Å². The third-order valence-corrected chi connectivity index (χ3v) is 4.00. The van der Waals surface area contributed by atoms with E-state index in [1.807, 2.05) is 29.3 Å². The predicted octanol–water partition coefficient (Wildman–Crippen LogP) is 3.61. The number of nitrogens with one attached hydrogen (secondary N) is 1. The highest BCUT2D eigenvalue weighted by molar-refractivity contribution is 5.93. The second-order valence-electron chi connectivity index (χ2n) is 5.34. The number of benzene rings is 1. The topological polar surface area (TPSA) is 32.3 Å². The molecule has 1 aromatic carbocycles. The zero-order chi connectivity index (χ0) is 13.1. The number of nitrogens with zero attached hydrogens (tertiary/aromatic N) is 1. The molecule has 1 aromatic rings. The van der Waals surface area contributed by atoms with Crippen LogP contribution < -0.4 is 10.2 Å². The molecular formula is C16H20N2O. The lowest BCUT2D eigenvalue weighted by atomic mass is 10.0. The van der Waals surface area contributed by atoms with E-state index in [-0.39, 0.29) is 6.03 Å². The summed E-state index contributed by atoms with van der Waals surface area (Å²) >= 11 is 0. The van der Waals surface area contributed by atoms with Gasteiger partial charge in [0.25, 0.3) is 0 Å². The molecule has 0 radical (unpaired) electrons. The van der Waals surface area contributed by atoms with Crippen molar-refractivity contribution in [1.29, 1.82) is 0 Å². The first kappa shape index (κ1) is 12.3. The molecule has 1 saturated carbocycles. The molecule has 0 atom stereocenters. The van der Waals surface area contributed by atoms with E-state index in [0.29, 0.717) is 0 Å². The fourth-order valence-electron chi connectivity index (χ4n) is 2.96. The number of fused-ring (bicyclic) bond motifs is 1. The van der Waals surface area contributed by atoms with E-state index in [0.717, 1.165) is 37.9 Å². The Labute approximate surface area is 114 Å². The van der Waals surface area contributed by atoms with Gasteiger partial charge < -0.3 is 5.32 Å². The minimum Gasteiger partial charge on any atom is -0.314 e. The van der Waals surface area contributed by atoms with Crippen LogP contribution in [-0.4, -0.2) is 12.6 Å². The average molecular weight is 256 g/mol. The standard InChI is InChI=1S/C16H20N2O/c19-16(17-12-13-6-1-2-7-13)18-11-5-9-14-8-3-4-10-15(14)18/h3-4,8,10,12H,1-2,5-7,9,11H2,(H,17,19). The van der Waals surface area contributed by atoms with Crippen molar-refractivity contribution in [3.63, 3.8) is 0 Å². The van der Waals surface area contributed by atoms with Gasteiger partial charge in [-0.2, -0.15) is 0 Å². The Hall–Kier alpha value is -1.77. The number of anilines is 1. The van der Waals surface area contributed by atoms with Gasteiger partial charge in [-0.1, -0.05) is 23.8 Å². The molecule has 0 saturated heterocycles. The van der Waals surface area contributed by atoms with Crippen molar-refractivity contribution in [2.45, 2.75) is 38.5 Å². The van der Waals surface area contributed by atoms with Crippen LogP contribution in [-0.2, 0) is 6.42 Å². The molecule has 0 aromatic heterocycles. The smallest absolute Gasteiger partial charge is 0.314 e. The highest BCUT2D eigenvalue weighted by Gasteiger charge is 2.21. The predicted molar refractivity (Wildman–Crippen MR) is 77.2 cm³/mol. The molecule has 1 fully saturated rings. The van der Waals surface area contributed by atoms with Crippen molar-refractivity contribution in [2.24, 2.45) is 0 Å². The zero-order valence-corrected chi connectivity index (χ0v) is 11.2. The first-order valence-electron chi connectivity index (χ1n) is 7.18. The van der Waals surface area contributed by atoms with E-state index in [2.05, 4.69) is 11.4 Å². The molecule has 0 spiro atoms. The van der Waals surface area contributed by atoms with Gasteiger partial charge in [0, 0.05) is 18.4 Å². The summed E-state index contributed by atoms with van der Waals surface area (Å²) in [5, 5.41) is 2.96. The maximum atomic E-state index is 12.3. The Balaban J connectivity index is 1.72. The fraction of sp³-hybridized carbons (Fsp3) is 0.438. The lowest BCUT2D eigenvalue weighted by Crippen LogP contribution is -2.41. The fourth-order valence-corrected chi connectivity index (χ4v) is 2.96. The molecule has 3 heteroatoms. The van der Waals surface area contributed by atoms with Gasteiger partial charge in [-0.25, -0.2) is 4.79 Å². The summed E-state index contributed by atoms with van der Waals surface area (Å²) in [6.07, 6.45) is 8.82. The van der Waals surface area contributed by atoms with E-state index < -0.39 is 0 Å². The summed E-state index contributed by atoms with van der Waals surface area (Å²) in [4.78, 5) is 14.2. The van der Waals surface area contributed by atoms with Crippen LogP contribution in [0.2, 0.25) is 0 Å². The number of carbonyl (C=O) groups is 1. The number of hydrogen-bond acceptors (Lipinski definition) is 1. The minimum absolute atomic E-state index is 0.00606. The highest BCUT2D eigenvalue weighted by Crippen LogP contribution is 2.27. The number of urea groups is 1. The summed E-state index contributed by atoms with van der Waals surface area (Å²) in [7, 11) is 0. The summed E-state index contributed by atoms with van der Waals surface area (Å²) in [6, 6.07) is 8.20. The number of aryl methyl sites for hydroxylation is 1. The molecule has 1 heterocycles. The van der Waals surface area contributed by atoms with Crippen LogP contribution in [0.5, 0.6) is 0 Å². The number of hydrogen-bond donors (Lipinski definition) is 1. The second kappa shape index (κ2) is 5.47. The maximum absolute atomic E-state index is 12.3. The van der Waals surface area contributed by atoms with Gasteiger partial charge in [0.15, 0.2) is 0 Å². The van der Waals surface area contributed by atoms with Gasteiger partial charge in [-0.15, -0.1) is 0 Å². The maximum Gasteiger partial charge on any atom is 0.325 e. The summed E-state index contributed by atoms with van der Waals surface area (Å²) in [6.45, 7) is 0.812. The molecule has 2 aliphatic rings. The van der Waals surface area contributed by atoms with Gasteiger partial charge in [0.2, 0.25) is 0 Å². The van der Waals surface area contributed by atoms with E-state index in [1.165, 1.54) is 24.0 Å². The average Bonchev–Trinajstić information content (AvgIpc) is 2.97. The first-order valence-corrected chi connectivity index (χ1v) is 7.18. The molecular weight excluding hydrogens is 236 g/mol. The van der Waals surface area contributed by atoms with Crippen molar-refractivity contribution >= 4 is 11.7 Å². The van der Waals surface area contributed by atoms with Crippen molar-refractivity contribution in [1.82, 2.24) is 5.32 Å². The SMILES string of the molecule is O=C(NC=C1CCCC1)N1CCCc2ccccc21. The van der Waals surface area contributed by atoms with Gasteiger partial charge in [-0.3, -0.25) is 4.90 Å². The number of para-hydroxylation sites is 1. The summed E-state index contributed by atoms with van der Waals surface area (Å²) < 4.78 is 0. The van der Waals surface area contributed by atoms with Gasteiger partial charge in [0.05, 0.1) is 0 Å². The number of amides is 2. The molecule has 2 amide bonds. The quantitative estimate of drug-likeness (QED) is 0.818. The zero-order valence-electron chi connectivity index (χ0n) is 11.2. The molecule has 1 aliphatic carbocycles. The molecule has 3 nitrogen and oxygen atoms in total. The van der Waals surface area contributed by atoms with Crippen LogP contribution >= 0.6 is 0 Å². The van der Waals surface area contributed by atoms with Crippen molar-refractivity contribution in [2.75, 3.05) is 11.4 Å². The van der Waals surface area contributed by atoms with Crippen molar-refractivity contribution in [3.05, 3.63) is 41.6 Å². The lowest BCUT2D eigenvalue weighted by Gasteiger charge is -2.29. The molecule has 0 bridgehead atoms. The second-order valence-corrected chi connectivity index (χ2v) is 5.34. The Morgan fingerprint density at radius 2 is 1.89 bits per heavy atom. The van der Waals surface area contributed by atoms with Crippen LogP contribution in [0, 0.1) is 0 Å². The Morgan fingerprint density at radius 1 is 1.11 bits per heavy atom. The number of carbonyl (C=O) groups excluding carboxylic acids is 1. The van der Waals surface area contributed by atoms with Crippen LogP contribution in [0.15, 0.2) is 36.0 Å². The van der Waals surface area contributed by atoms with Crippen LogP contribution in [0.3, 0.4) is 0 Å².